The van der Waals surface area contributed by atoms with Crippen LogP contribution in [0.25, 0.3) is 11.0 Å². The van der Waals surface area contributed by atoms with Crippen LogP contribution in [0.2, 0.25) is 0 Å². The molecule has 0 amide bonds. The molecule has 0 aliphatic rings. The summed E-state index contributed by atoms with van der Waals surface area (Å²) in [5.74, 6) is -0.0500. The van der Waals surface area contributed by atoms with E-state index in [0.29, 0.717) is 11.6 Å². The summed E-state index contributed by atoms with van der Waals surface area (Å²) >= 11 is 0. The fourth-order valence-electron chi connectivity index (χ4n) is 2.48. The van der Waals surface area contributed by atoms with Gasteiger partial charge in [0.25, 0.3) is 0 Å². The highest BCUT2D eigenvalue weighted by molar-refractivity contribution is 5.81. The molecule has 0 spiro atoms. The molecule has 0 aliphatic carbocycles. The third-order valence-electron chi connectivity index (χ3n) is 3.69. The van der Waals surface area contributed by atoms with Gasteiger partial charge < -0.3 is 10.7 Å². The van der Waals surface area contributed by atoms with E-state index in [-0.39, 0.29) is 17.4 Å². The van der Waals surface area contributed by atoms with Crippen molar-refractivity contribution in [3.8, 4) is 0 Å². The normalized spacial score (nSPS) is 14.0. The molecule has 25 heavy (non-hydrogen) atoms. The molecule has 0 saturated heterocycles. The smallest absolute Gasteiger partial charge is 0.340 e. The van der Waals surface area contributed by atoms with E-state index in [9.17, 15) is 26.3 Å². The standard InChI is InChI=1S/C16H11F6N3/c17-15(18,19)9-6-10(16(20,21)22)13-11(7-9)24-14(25-13)12(23)8-4-2-1-3-5-8/h1-7,12H,23H2,(H,24,25). The molecule has 3 rings (SSSR count). The van der Waals surface area contributed by atoms with Crippen LogP contribution in [0.5, 0.6) is 0 Å². The molecule has 0 aliphatic heterocycles. The predicted molar refractivity (Wildman–Crippen MR) is 78.6 cm³/mol. The molecule has 0 radical (unpaired) electrons. The average Bonchev–Trinajstić information content (AvgIpc) is 2.96. The van der Waals surface area contributed by atoms with Crippen molar-refractivity contribution in [2.24, 2.45) is 5.73 Å². The van der Waals surface area contributed by atoms with Gasteiger partial charge in [-0.3, -0.25) is 0 Å². The quantitative estimate of drug-likeness (QED) is 0.655. The molecule has 0 bridgehead atoms. The summed E-state index contributed by atoms with van der Waals surface area (Å²) in [7, 11) is 0. The Bertz CT molecular complexity index is 896. The van der Waals surface area contributed by atoms with Gasteiger partial charge in [0.05, 0.1) is 22.7 Å². The second-order valence-corrected chi connectivity index (χ2v) is 5.43. The number of nitrogens with two attached hydrogens (primary N) is 1. The van der Waals surface area contributed by atoms with Crippen LogP contribution in [0.1, 0.15) is 28.6 Å². The van der Waals surface area contributed by atoms with Gasteiger partial charge in [-0.15, -0.1) is 0 Å². The third-order valence-corrected chi connectivity index (χ3v) is 3.69. The Balaban J connectivity index is 2.19. The number of fused-ring (bicyclic) bond motifs is 1. The van der Waals surface area contributed by atoms with E-state index >= 15 is 0 Å². The molecule has 3 aromatic rings. The van der Waals surface area contributed by atoms with Crippen LogP contribution in [0.4, 0.5) is 26.3 Å². The third kappa shape index (κ3) is 3.32. The molecular formula is C16H11F6N3. The summed E-state index contributed by atoms with van der Waals surface area (Å²) in [5.41, 5.74) is 2.70. The highest BCUT2D eigenvalue weighted by atomic mass is 19.4. The Morgan fingerprint density at radius 1 is 0.920 bits per heavy atom. The number of halogens is 6. The highest BCUT2D eigenvalue weighted by Crippen LogP contribution is 2.39. The second-order valence-electron chi connectivity index (χ2n) is 5.43. The zero-order chi connectivity index (χ0) is 18.4. The van der Waals surface area contributed by atoms with Crippen LogP contribution in [-0.4, -0.2) is 9.97 Å². The molecular weight excluding hydrogens is 348 g/mol. The number of hydrogen-bond acceptors (Lipinski definition) is 2. The Kier molecular flexibility index (Phi) is 3.98. The molecule has 1 aromatic heterocycles. The van der Waals surface area contributed by atoms with Gasteiger partial charge in [0, 0.05) is 0 Å². The van der Waals surface area contributed by atoms with Crippen molar-refractivity contribution in [3.05, 3.63) is 65.0 Å². The number of aromatic nitrogens is 2. The lowest BCUT2D eigenvalue weighted by Crippen LogP contribution is -2.13. The second kappa shape index (κ2) is 5.76. The van der Waals surface area contributed by atoms with E-state index in [1.54, 1.807) is 30.3 Å². The number of benzene rings is 2. The number of nitrogens with zero attached hydrogens (tertiary/aromatic N) is 1. The summed E-state index contributed by atoms with van der Waals surface area (Å²) < 4.78 is 78.2. The monoisotopic (exact) mass is 359 g/mol. The number of nitrogens with one attached hydrogen (secondary N) is 1. The topological polar surface area (TPSA) is 54.7 Å². The molecule has 1 atom stereocenters. The zero-order valence-corrected chi connectivity index (χ0v) is 12.4. The van der Waals surface area contributed by atoms with Crippen molar-refractivity contribution < 1.29 is 26.3 Å². The van der Waals surface area contributed by atoms with Gasteiger partial charge in [-0.05, 0) is 17.7 Å². The number of H-pyrrole nitrogens is 1. The van der Waals surface area contributed by atoms with Crippen molar-refractivity contribution in [1.82, 2.24) is 9.97 Å². The summed E-state index contributed by atoms with van der Waals surface area (Å²) in [6.45, 7) is 0. The fraction of sp³-hybridized carbons (Fsp3) is 0.188. The molecule has 2 aromatic carbocycles. The predicted octanol–water partition coefficient (Wildman–Crippen LogP) is 4.65. The number of imidazole rings is 1. The largest absolute Gasteiger partial charge is 0.418 e. The Labute approximate surface area is 137 Å². The maximum Gasteiger partial charge on any atom is 0.418 e. The first kappa shape index (κ1) is 17.3. The summed E-state index contributed by atoms with van der Waals surface area (Å²) in [4.78, 5) is 6.29. The van der Waals surface area contributed by atoms with E-state index < -0.39 is 35.0 Å². The molecule has 1 heterocycles. The summed E-state index contributed by atoms with van der Waals surface area (Å²) in [6.07, 6.45) is -9.90. The molecule has 132 valence electrons. The van der Waals surface area contributed by atoms with Crippen LogP contribution >= 0.6 is 0 Å². The van der Waals surface area contributed by atoms with E-state index in [0.717, 1.165) is 0 Å². The summed E-state index contributed by atoms with van der Waals surface area (Å²) in [5, 5.41) is 0. The summed E-state index contributed by atoms with van der Waals surface area (Å²) in [6, 6.07) is 8.13. The van der Waals surface area contributed by atoms with Crippen LogP contribution in [0.3, 0.4) is 0 Å². The van der Waals surface area contributed by atoms with Gasteiger partial charge in [0.15, 0.2) is 0 Å². The van der Waals surface area contributed by atoms with Gasteiger partial charge in [-0.2, -0.15) is 26.3 Å². The fourth-order valence-corrected chi connectivity index (χ4v) is 2.48. The minimum absolute atomic E-state index is 0.0500. The van der Waals surface area contributed by atoms with Crippen molar-refractivity contribution in [2.75, 3.05) is 0 Å². The van der Waals surface area contributed by atoms with Gasteiger partial charge in [0.2, 0.25) is 0 Å². The van der Waals surface area contributed by atoms with Crippen molar-refractivity contribution in [1.29, 1.82) is 0 Å². The van der Waals surface area contributed by atoms with Gasteiger partial charge in [0.1, 0.15) is 11.3 Å². The van der Waals surface area contributed by atoms with Gasteiger partial charge in [-0.1, -0.05) is 30.3 Å². The Hall–Kier alpha value is -2.55. The molecule has 0 saturated carbocycles. The molecule has 3 nitrogen and oxygen atoms in total. The minimum atomic E-state index is -4.98. The van der Waals surface area contributed by atoms with Crippen LogP contribution in [0.15, 0.2) is 42.5 Å². The number of rotatable bonds is 2. The highest BCUT2D eigenvalue weighted by Gasteiger charge is 2.39. The molecule has 0 fully saturated rings. The lowest BCUT2D eigenvalue weighted by molar-refractivity contribution is -0.142. The van der Waals surface area contributed by atoms with Crippen LogP contribution in [-0.2, 0) is 12.4 Å². The average molecular weight is 359 g/mol. The van der Waals surface area contributed by atoms with Crippen LogP contribution in [0, 0.1) is 0 Å². The Morgan fingerprint density at radius 3 is 2.12 bits per heavy atom. The van der Waals surface area contributed by atoms with Gasteiger partial charge in [-0.25, -0.2) is 4.98 Å². The van der Waals surface area contributed by atoms with E-state index in [1.165, 1.54) is 0 Å². The number of aromatic amines is 1. The zero-order valence-electron chi connectivity index (χ0n) is 12.4. The first-order valence-corrected chi connectivity index (χ1v) is 7.06. The van der Waals surface area contributed by atoms with Crippen LogP contribution < -0.4 is 5.73 Å². The van der Waals surface area contributed by atoms with E-state index in [2.05, 4.69) is 9.97 Å². The SMILES string of the molecule is NC(c1ccccc1)c1nc2c(C(F)(F)F)cc(C(F)(F)F)cc2[nH]1. The van der Waals surface area contributed by atoms with Crippen molar-refractivity contribution >= 4 is 11.0 Å². The maximum absolute atomic E-state index is 13.2. The van der Waals surface area contributed by atoms with Gasteiger partial charge >= 0.3 is 12.4 Å². The molecule has 1 unspecified atom stereocenters. The van der Waals surface area contributed by atoms with Crippen molar-refractivity contribution in [2.45, 2.75) is 18.4 Å². The lowest BCUT2D eigenvalue weighted by Gasteiger charge is -2.11. The van der Waals surface area contributed by atoms with Crippen molar-refractivity contribution in [3.63, 3.8) is 0 Å². The first-order valence-electron chi connectivity index (χ1n) is 7.06. The maximum atomic E-state index is 13.2. The van der Waals surface area contributed by atoms with E-state index in [4.69, 9.17) is 5.73 Å². The number of alkyl halides is 6. The molecule has 3 N–H and O–H groups in total. The minimum Gasteiger partial charge on any atom is -0.340 e. The lowest BCUT2D eigenvalue weighted by atomic mass is 10.1. The Morgan fingerprint density at radius 2 is 1.56 bits per heavy atom. The molecule has 9 heteroatoms. The first-order chi connectivity index (χ1) is 11.6. The number of hydrogen-bond donors (Lipinski definition) is 2. The van der Waals surface area contributed by atoms with E-state index in [1.807, 2.05) is 0 Å².